The monoisotopic (exact) mass is 525 g/mol. The third kappa shape index (κ3) is 2.97. The summed E-state index contributed by atoms with van der Waals surface area (Å²) < 4.78 is 5.20. The number of nitrogens with zero attached hydrogens (tertiary/aromatic N) is 1. The summed E-state index contributed by atoms with van der Waals surface area (Å²) in [6.45, 7) is 0. The van der Waals surface area contributed by atoms with Crippen molar-refractivity contribution in [3.05, 3.63) is 140 Å². The van der Waals surface area contributed by atoms with E-state index in [0.29, 0.717) is 0 Å². The van der Waals surface area contributed by atoms with Crippen molar-refractivity contribution >= 4 is 74.9 Å². The molecule has 0 saturated carbocycles. The number of rotatable bonds is 2. The average Bonchev–Trinajstić information content (AvgIpc) is 3.58. The molecule has 1 nitrogen and oxygen atoms in total. The van der Waals surface area contributed by atoms with E-state index < -0.39 is 0 Å². The Bertz CT molecular complexity index is 2420. The van der Waals surface area contributed by atoms with Crippen molar-refractivity contribution in [2.24, 2.45) is 0 Å². The molecule has 0 saturated heterocycles. The Kier molecular flexibility index (Phi) is 4.55. The van der Waals surface area contributed by atoms with Crippen LogP contribution in [0.3, 0.4) is 0 Å². The van der Waals surface area contributed by atoms with Gasteiger partial charge in [0.2, 0.25) is 0 Å². The molecule has 0 radical (unpaired) electrons. The van der Waals surface area contributed by atoms with Gasteiger partial charge in [0.25, 0.3) is 0 Å². The summed E-state index contributed by atoms with van der Waals surface area (Å²) in [6, 6.07) is 51.0. The highest BCUT2D eigenvalue weighted by atomic mass is 32.1. The lowest BCUT2D eigenvalue weighted by Crippen LogP contribution is -1.95. The SMILES string of the molecule is c1ccc(-c2cccc(-n3c4ccccc4c4c5ccccc5c5c(ccc6c7ccccc7sc65)c43)c2)cc1. The van der Waals surface area contributed by atoms with Crippen molar-refractivity contribution in [2.45, 2.75) is 0 Å². The summed E-state index contributed by atoms with van der Waals surface area (Å²) >= 11 is 1.91. The number of aromatic nitrogens is 1. The second kappa shape index (κ2) is 8.29. The summed E-state index contributed by atoms with van der Waals surface area (Å²) in [5.74, 6) is 0. The number of fused-ring (bicyclic) bond motifs is 12. The summed E-state index contributed by atoms with van der Waals surface area (Å²) in [4.78, 5) is 0. The van der Waals surface area contributed by atoms with Crippen molar-refractivity contribution < 1.29 is 0 Å². The molecule has 186 valence electrons. The van der Waals surface area contributed by atoms with Crippen LogP contribution in [0.4, 0.5) is 0 Å². The molecule has 0 N–H and O–H groups in total. The summed E-state index contributed by atoms with van der Waals surface area (Å²) in [6.07, 6.45) is 0. The molecule has 0 atom stereocenters. The third-order valence-electron chi connectivity index (χ3n) is 8.35. The Hall–Kier alpha value is -4.92. The summed E-state index contributed by atoms with van der Waals surface area (Å²) in [7, 11) is 0. The molecule has 2 heteroatoms. The number of thiophene rings is 1. The number of hydrogen-bond donors (Lipinski definition) is 0. The molecule has 2 heterocycles. The molecule has 0 amide bonds. The van der Waals surface area contributed by atoms with Crippen LogP contribution in [0, 0.1) is 0 Å². The molecular formula is C38H23NS. The molecule has 0 unspecified atom stereocenters. The minimum Gasteiger partial charge on any atom is -0.309 e. The van der Waals surface area contributed by atoms with Gasteiger partial charge in [0.05, 0.1) is 11.0 Å². The Morgan fingerprint density at radius 2 is 1.07 bits per heavy atom. The van der Waals surface area contributed by atoms with Crippen LogP contribution in [-0.2, 0) is 0 Å². The molecule has 0 spiro atoms. The lowest BCUT2D eigenvalue weighted by Gasteiger charge is -2.14. The number of benzene rings is 7. The van der Waals surface area contributed by atoms with Crippen LogP contribution in [0.5, 0.6) is 0 Å². The van der Waals surface area contributed by atoms with Crippen LogP contribution in [0.1, 0.15) is 0 Å². The van der Waals surface area contributed by atoms with Crippen molar-refractivity contribution in [3.8, 4) is 16.8 Å². The van der Waals surface area contributed by atoms with Gasteiger partial charge in [0.15, 0.2) is 0 Å². The molecule has 0 aliphatic heterocycles. The first kappa shape index (κ1) is 22.0. The minimum absolute atomic E-state index is 1.18. The zero-order chi connectivity index (χ0) is 26.2. The second-order valence-electron chi connectivity index (χ2n) is 10.5. The number of para-hydroxylation sites is 1. The van der Waals surface area contributed by atoms with Crippen LogP contribution in [0.25, 0.3) is 80.3 Å². The van der Waals surface area contributed by atoms with Crippen LogP contribution in [0.15, 0.2) is 140 Å². The largest absolute Gasteiger partial charge is 0.309 e. The smallest absolute Gasteiger partial charge is 0.0626 e. The normalized spacial score (nSPS) is 12.0. The van der Waals surface area contributed by atoms with Gasteiger partial charge in [-0.3, -0.25) is 0 Å². The van der Waals surface area contributed by atoms with E-state index in [9.17, 15) is 0 Å². The highest BCUT2D eigenvalue weighted by molar-refractivity contribution is 7.26. The van der Waals surface area contributed by atoms with Gasteiger partial charge in [0.1, 0.15) is 0 Å². The van der Waals surface area contributed by atoms with Crippen LogP contribution >= 0.6 is 11.3 Å². The fraction of sp³-hybridized carbons (Fsp3) is 0. The first-order valence-corrected chi connectivity index (χ1v) is 14.5. The number of hydrogen-bond acceptors (Lipinski definition) is 1. The topological polar surface area (TPSA) is 4.93 Å². The maximum Gasteiger partial charge on any atom is 0.0626 e. The zero-order valence-corrected chi connectivity index (χ0v) is 22.5. The van der Waals surface area contributed by atoms with Gasteiger partial charge < -0.3 is 4.57 Å². The molecule has 9 aromatic rings. The molecular weight excluding hydrogens is 502 g/mol. The van der Waals surface area contributed by atoms with Crippen molar-refractivity contribution in [1.29, 1.82) is 0 Å². The third-order valence-corrected chi connectivity index (χ3v) is 9.56. The average molecular weight is 526 g/mol. The van der Waals surface area contributed by atoms with Crippen LogP contribution < -0.4 is 0 Å². The van der Waals surface area contributed by atoms with Gasteiger partial charge in [-0.2, -0.15) is 0 Å². The van der Waals surface area contributed by atoms with Gasteiger partial charge in [-0.1, -0.05) is 115 Å². The van der Waals surface area contributed by atoms with E-state index in [2.05, 4.69) is 144 Å². The molecule has 0 fully saturated rings. The van der Waals surface area contributed by atoms with E-state index in [1.165, 1.54) is 80.3 Å². The molecule has 0 aliphatic rings. The van der Waals surface area contributed by atoms with E-state index in [0.717, 1.165) is 0 Å². The predicted octanol–water partition coefficient (Wildman–Crippen LogP) is 11.1. The van der Waals surface area contributed by atoms with Gasteiger partial charge in [-0.25, -0.2) is 0 Å². The van der Waals surface area contributed by atoms with Crippen molar-refractivity contribution in [1.82, 2.24) is 4.57 Å². The van der Waals surface area contributed by atoms with Gasteiger partial charge in [-0.05, 0) is 46.2 Å². The van der Waals surface area contributed by atoms with Crippen LogP contribution in [0.2, 0.25) is 0 Å². The zero-order valence-electron chi connectivity index (χ0n) is 21.6. The van der Waals surface area contributed by atoms with E-state index in [1.807, 2.05) is 11.3 Å². The first-order valence-electron chi connectivity index (χ1n) is 13.7. The van der Waals surface area contributed by atoms with Gasteiger partial charge in [-0.15, -0.1) is 11.3 Å². The Morgan fingerprint density at radius 3 is 1.93 bits per heavy atom. The molecule has 40 heavy (non-hydrogen) atoms. The maximum atomic E-state index is 2.49. The minimum atomic E-state index is 1.18. The quantitative estimate of drug-likeness (QED) is 0.198. The van der Waals surface area contributed by atoms with E-state index >= 15 is 0 Å². The van der Waals surface area contributed by atoms with Gasteiger partial charge in [0, 0.05) is 47.4 Å². The molecule has 0 aliphatic carbocycles. The molecule has 9 rings (SSSR count). The standard InChI is InChI=1S/C38H23NS/c1-2-11-24(12-3-1)25-13-10-14-26(23-25)39-33-19-8-6-18-31(33)35-28-16-4-5-17-29(28)36-32(37(35)39)22-21-30-27-15-7-9-20-34(27)40-38(30)36/h1-23H. The Morgan fingerprint density at radius 1 is 0.425 bits per heavy atom. The van der Waals surface area contributed by atoms with Crippen LogP contribution in [-0.4, -0.2) is 4.57 Å². The van der Waals surface area contributed by atoms with Crippen molar-refractivity contribution in [3.63, 3.8) is 0 Å². The molecule has 7 aromatic carbocycles. The second-order valence-corrected chi connectivity index (χ2v) is 11.6. The maximum absolute atomic E-state index is 2.49. The fourth-order valence-corrected chi connectivity index (χ4v) is 7.93. The molecule has 2 aromatic heterocycles. The van der Waals surface area contributed by atoms with E-state index in [1.54, 1.807) is 0 Å². The van der Waals surface area contributed by atoms with E-state index in [-0.39, 0.29) is 0 Å². The highest BCUT2D eigenvalue weighted by Gasteiger charge is 2.21. The van der Waals surface area contributed by atoms with Gasteiger partial charge >= 0.3 is 0 Å². The lowest BCUT2D eigenvalue weighted by atomic mass is 9.95. The lowest BCUT2D eigenvalue weighted by molar-refractivity contribution is 1.19. The fourth-order valence-electron chi connectivity index (χ4n) is 6.66. The summed E-state index contributed by atoms with van der Waals surface area (Å²) in [5.41, 5.74) is 6.14. The van der Waals surface area contributed by atoms with E-state index in [4.69, 9.17) is 0 Å². The Balaban J connectivity index is 1.52. The molecule has 0 bridgehead atoms. The van der Waals surface area contributed by atoms with Crippen molar-refractivity contribution in [2.75, 3.05) is 0 Å². The summed E-state index contributed by atoms with van der Waals surface area (Å²) in [5, 5.41) is 10.6. The Labute approximate surface area is 235 Å². The predicted molar refractivity (Wildman–Crippen MR) is 174 cm³/mol. The first-order chi connectivity index (χ1) is 19.9. The highest BCUT2D eigenvalue weighted by Crippen LogP contribution is 2.47.